The molecule has 2 nitrogen and oxygen atoms in total. The topological polar surface area (TPSA) is 21.3 Å². The molecule has 1 aromatic carbocycles. The van der Waals surface area contributed by atoms with Gasteiger partial charge in [-0.25, -0.2) is 0 Å². The zero-order chi connectivity index (χ0) is 11.3. The highest BCUT2D eigenvalue weighted by Gasteiger charge is 2.00. The summed E-state index contributed by atoms with van der Waals surface area (Å²) in [7, 11) is 0. The second kappa shape index (κ2) is 6.13. The largest absolute Gasteiger partial charge is 0.382 e. The van der Waals surface area contributed by atoms with E-state index in [0.29, 0.717) is 6.10 Å². The molecule has 15 heavy (non-hydrogen) atoms. The molecule has 0 atom stereocenters. The minimum absolute atomic E-state index is 0.301. The Morgan fingerprint density at radius 3 is 2.80 bits per heavy atom. The summed E-state index contributed by atoms with van der Waals surface area (Å²) in [6.07, 6.45) is 0.301. The predicted octanol–water partition coefficient (Wildman–Crippen LogP) is 3.59. The lowest BCUT2D eigenvalue weighted by Crippen LogP contribution is -2.13. The van der Waals surface area contributed by atoms with E-state index in [-0.39, 0.29) is 0 Å². The van der Waals surface area contributed by atoms with Crippen molar-refractivity contribution >= 4 is 21.6 Å². The molecule has 84 valence electrons. The van der Waals surface area contributed by atoms with Crippen LogP contribution in [0.5, 0.6) is 0 Å². The van der Waals surface area contributed by atoms with E-state index in [1.165, 1.54) is 5.56 Å². The summed E-state index contributed by atoms with van der Waals surface area (Å²) in [6, 6.07) is 6.16. The Morgan fingerprint density at radius 1 is 1.40 bits per heavy atom. The number of anilines is 1. The molecule has 1 N–H and O–H groups in total. The van der Waals surface area contributed by atoms with Gasteiger partial charge in [-0.15, -0.1) is 0 Å². The van der Waals surface area contributed by atoms with Gasteiger partial charge in [0.05, 0.1) is 12.7 Å². The Labute approximate surface area is 100 Å². The highest BCUT2D eigenvalue weighted by Crippen LogP contribution is 2.23. The molecule has 0 bridgehead atoms. The second-order valence-electron chi connectivity index (χ2n) is 3.76. The molecule has 0 spiro atoms. The van der Waals surface area contributed by atoms with Crippen LogP contribution in [-0.2, 0) is 4.74 Å². The van der Waals surface area contributed by atoms with E-state index < -0.39 is 0 Å². The maximum atomic E-state index is 5.46. The van der Waals surface area contributed by atoms with Gasteiger partial charge in [-0.05, 0) is 38.5 Å². The van der Waals surface area contributed by atoms with Crippen molar-refractivity contribution in [2.45, 2.75) is 26.9 Å². The van der Waals surface area contributed by atoms with Crippen molar-refractivity contribution in [3.8, 4) is 0 Å². The molecular formula is C12H18BrNO. The summed E-state index contributed by atoms with van der Waals surface area (Å²) in [5, 5.41) is 3.35. The summed E-state index contributed by atoms with van der Waals surface area (Å²) in [6.45, 7) is 7.77. The van der Waals surface area contributed by atoms with Crippen LogP contribution in [0, 0.1) is 6.92 Å². The Hall–Kier alpha value is -0.540. The first-order valence-corrected chi connectivity index (χ1v) is 6.01. The van der Waals surface area contributed by atoms with Crippen molar-refractivity contribution in [2.24, 2.45) is 0 Å². The summed E-state index contributed by atoms with van der Waals surface area (Å²) in [5.41, 5.74) is 2.40. The van der Waals surface area contributed by atoms with Gasteiger partial charge in [-0.3, -0.25) is 0 Å². The maximum Gasteiger partial charge on any atom is 0.0642 e. The second-order valence-corrected chi connectivity index (χ2v) is 4.61. The number of nitrogens with one attached hydrogen (secondary N) is 1. The van der Waals surface area contributed by atoms with Gasteiger partial charge in [-0.2, -0.15) is 0 Å². The minimum atomic E-state index is 0.301. The zero-order valence-electron chi connectivity index (χ0n) is 9.51. The van der Waals surface area contributed by atoms with Crippen molar-refractivity contribution < 1.29 is 4.74 Å². The zero-order valence-corrected chi connectivity index (χ0v) is 11.1. The Balaban J connectivity index is 2.41. The minimum Gasteiger partial charge on any atom is -0.382 e. The molecule has 3 heteroatoms. The van der Waals surface area contributed by atoms with Gasteiger partial charge < -0.3 is 10.1 Å². The maximum absolute atomic E-state index is 5.46. The molecule has 0 aliphatic heterocycles. The van der Waals surface area contributed by atoms with Gasteiger partial charge >= 0.3 is 0 Å². The molecule has 0 fully saturated rings. The van der Waals surface area contributed by atoms with Crippen LogP contribution in [0.25, 0.3) is 0 Å². The lowest BCUT2D eigenvalue weighted by atomic mass is 10.2. The number of ether oxygens (including phenoxy) is 1. The average molecular weight is 272 g/mol. The van der Waals surface area contributed by atoms with Crippen molar-refractivity contribution in [2.75, 3.05) is 18.5 Å². The van der Waals surface area contributed by atoms with Gasteiger partial charge in [0.15, 0.2) is 0 Å². The Kier molecular flexibility index (Phi) is 5.12. The van der Waals surface area contributed by atoms with E-state index in [9.17, 15) is 0 Å². The Morgan fingerprint density at radius 2 is 2.13 bits per heavy atom. The molecule has 1 aromatic rings. The number of benzene rings is 1. The van der Waals surface area contributed by atoms with Crippen LogP contribution in [0.2, 0.25) is 0 Å². The SMILES string of the molecule is Cc1c(Br)cccc1NCCOC(C)C. The molecule has 0 heterocycles. The molecule has 0 unspecified atom stereocenters. The number of hydrogen-bond acceptors (Lipinski definition) is 2. The normalized spacial score (nSPS) is 10.7. The first kappa shape index (κ1) is 12.5. The lowest BCUT2D eigenvalue weighted by Gasteiger charge is -2.12. The molecular weight excluding hydrogens is 254 g/mol. The molecule has 0 saturated carbocycles. The first-order valence-electron chi connectivity index (χ1n) is 5.22. The monoisotopic (exact) mass is 271 g/mol. The van der Waals surface area contributed by atoms with Gasteiger partial charge in [0, 0.05) is 16.7 Å². The van der Waals surface area contributed by atoms with E-state index in [0.717, 1.165) is 23.3 Å². The molecule has 0 radical (unpaired) electrons. The van der Waals surface area contributed by atoms with Crippen LogP contribution in [0.4, 0.5) is 5.69 Å². The molecule has 0 saturated heterocycles. The van der Waals surface area contributed by atoms with Crippen LogP contribution in [0.15, 0.2) is 22.7 Å². The van der Waals surface area contributed by atoms with Crippen LogP contribution in [0.1, 0.15) is 19.4 Å². The predicted molar refractivity (Wildman–Crippen MR) is 68.5 cm³/mol. The number of hydrogen-bond donors (Lipinski definition) is 1. The van der Waals surface area contributed by atoms with Gasteiger partial charge in [-0.1, -0.05) is 22.0 Å². The highest BCUT2D eigenvalue weighted by molar-refractivity contribution is 9.10. The summed E-state index contributed by atoms with van der Waals surface area (Å²) >= 11 is 3.51. The molecule has 0 aliphatic rings. The van der Waals surface area contributed by atoms with E-state index in [1.807, 2.05) is 26.0 Å². The van der Waals surface area contributed by atoms with Crippen molar-refractivity contribution in [3.63, 3.8) is 0 Å². The quantitative estimate of drug-likeness (QED) is 0.827. The van der Waals surface area contributed by atoms with Crippen LogP contribution in [0.3, 0.4) is 0 Å². The summed E-state index contributed by atoms with van der Waals surface area (Å²) < 4.78 is 6.60. The van der Waals surface area contributed by atoms with E-state index in [4.69, 9.17) is 4.74 Å². The fourth-order valence-electron chi connectivity index (χ4n) is 1.28. The van der Waals surface area contributed by atoms with Crippen molar-refractivity contribution in [1.29, 1.82) is 0 Å². The summed E-state index contributed by atoms with van der Waals surface area (Å²) in [5.74, 6) is 0. The van der Waals surface area contributed by atoms with Crippen LogP contribution < -0.4 is 5.32 Å². The van der Waals surface area contributed by atoms with E-state index in [2.05, 4.69) is 34.2 Å². The van der Waals surface area contributed by atoms with Gasteiger partial charge in [0.1, 0.15) is 0 Å². The molecule has 0 aliphatic carbocycles. The molecule has 1 rings (SSSR count). The lowest BCUT2D eigenvalue weighted by molar-refractivity contribution is 0.0870. The highest BCUT2D eigenvalue weighted by atomic mass is 79.9. The fourth-order valence-corrected chi connectivity index (χ4v) is 1.65. The smallest absolute Gasteiger partial charge is 0.0642 e. The third-order valence-electron chi connectivity index (χ3n) is 2.14. The van der Waals surface area contributed by atoms with E-state index >= 15 is 0 Å². The van der Waals surface area contributed by atoms with Crippen LogP contribution >= 0.6 is 15.9 Å². The standard InChI is InChI=1S/C12H18BrNO/c1-9(2)15-8-7-14-12-6-4-5-11(13)10(12)3/h4-6,9,14H,7-8H2,1-3H3. The number of halogens is 1. The van der Waals surface area contributed by atoms with E-state index in [1.54, 1.807) is 0 Å². The van der Waals surface area contributed by atoms with Crippen LogP contribution in [-0.4, -0.2) is 19.3 Å². The third-order valence-corrected chi connectivity index (χ3v) is 3.00. The van der Waals surface area contributed by atoms with Crippen molar-refractivity contribution in [3.05, 3.63) is 28.2 Å². The third kappa shape index (κ3) is 4.22. The van der Waals surface area contributed by atoms with Gasteiger partial charge in [0.25, 0.3) is 0 Å². The van der Waals surface area contributed by atoms with Crippen molar-refractivity contribution in [1.82, 2.24) is 0 Å². The molecule has 0 aromatic heterocycles. The average Bonchev–Trinajstić information content (AvgIpc) is 2.18. The fraction of sp³-hybridized carbons (Fsp3) is 0.500. The van der Waals surface area contributed by atoms with Gasteiger partial charge in [0.2, 0.25) is 0 Å². The first-order chi connectivity index (χ1) is 7.11. The summed E-state index contributed by atoms with van der Waals surface area (Å²) in [4.78, 5) is 0. The Bertz CT molecular complexity index is 312. The molecule has 0 amide bonds. The number of rotatable bonds is 5.